The monoisotopic (exact) mass is 581 g/mol. The number of ether oxygens (including phenoxy) is 4. The fourth-order valence-electron chi connectivity index (χ4n) is 6.05. The van der Waals surface area contributed by atoms with E-state index in [0.717, 1.165) is 29.5 Å². The van der Waals surface area contributed by atoms with Crippen LogP contribution in [0.2, 0.25) is 0 Å². The van der Waals surface area contributed by atoms with Crippen LogP contribution in [0.5, 0.6) is 17.2 Å². The molecule has 0 fully saturated rings. The van der Waals surface area contributed by atoms with Crippen molar-refractivity contribution in [3.63, 3.8) is 0 Å². The molecule has 0 N–H and O–H groups in total. The number of rotatable bonds is 11. The van der Waals surface area contributed by atoms with Gasteiger partial charge >= 0.3 is 5.97 Å². The summed E-state index contributed by atoms with van der Waals surface area (Å²) in [5.41, 5.74) is 4.74. The van der Waals surface area contributed by atoms with Crippen LogP contribution in [-0.2, 0) is 20.9 Å². The van der Waals surface area contributed by atoms with E-state index in [4.69, 9.17) is 23.9 Å². The molecular weight excluding hydrogens is 542 g/mol. The SMILES string of the molecule is CCCCOC(=O)C1C(C)=NC2=C(C(=O)C[C@H](c3ccc(OC)c(OC)c3)C2)[C@@H]1c1ccccc1OCc1ccccc1. The van der Waals surface area contributed by atoms with Gasteiger partial charge in [0.25, 0.3) is 0 Å². The van der Waals surface area contributed by atoms with Gasteiger partial charge in [0.05, 0.1) is 20.8 Å². The molecule has 3 atom stereocenters. The number of aliphatic imine (C=N–C) groups is 1. The Hall–Kier alpha value is -4.39. The number of ketones is 1. The third kappa shape index (κ3) is 6.51. The molecule has 0 aromatic heterocycles. The fraction of sp³-hybridized carbons (Fsp3) is 0.361. The van der Waals surface area contributed by atoms with Crippen LogP contribution >= 0.6 is 0 Å². The van der Waals surface area contributed by atoms with Gasteiger partial charge in [0, 0.05) is 34.9 Å². The minimum Gasteiger partial charge on any atom is -0.493 e. The van der Waals surface area contributed by atoms with E-state index < -0.39 is 11.8 Å². The summed E-state index contributed by atoms with van der Waals surface area (Å²) < 4.78 is 23.0. The molecule has 1 unspecified atom stereocenters. The highest BCUT2D eigenvalue weighted by Crippen LogP contribution is 2.49. The summed E-state index contributed by atoms with van der Waals surface area (Å²) >= 11 is 0. The van der Waals surface area contributed by atoms with Crippen molar-refractivity contribution in [2.75, 3.05) is 20.8 Å². The number of allylic oxidation sites excluding steroid dienone is 2. The highest BCUT2D eigenvalue weighted by molar-refractivity contribution is 6.09. The van der Waals surface area contributed by atoms with Crippen molar-refractivity contribution < 1.29 is 28.5 Å². The molecule has 0 bridgehead atoms. The molecule has 7 heteroatoms. The van der Waals surface area contributed by atoms with Crippen LogP contribution in [0.3, 0.4) is 0 Å². The van der Waals surface area contributed by atoms with E-state index in [9.17, 15) is 9.59 Å². The Morgan fingerprint density at radius 1 is 0.907 bits per heavy atom. The first kappa shape index (κ1) is 30.1. The Labute approximate surface area is 253 Å². The number of hydrogen-bond acceptors (Lipinski definition) is 7. The molecule has 0 amide bonds. The number of carbonyl (C=O) groups is 2. The largest absolute Gasteiger partial charge is 0.493 e. The molecule has 0 saturated heterocycles. The average Bonchev–Trinajstić information content (AvgIpc) is 3.03. The van der Waals surface area contributed by atoms with Crippen LogP contribution in [0.15, 0.2) is 89.1 Å². The Morgan fingerprint density at radius 3 is 2.40 bits per heavy atom. The Bertz CT molecular complexity index is 1530. The second-order valence-corrected chi connectivity index (χ2v) is 11.0. The summed E-state index contributed by atoms with van der Waals surface area (Å²) in [6.07, 6.45) is 2.55. The van der Waals surface area contributed by atoms with Crippen molar-refractivity contribution in [3.8, 4) is 17.2 Å². The standard InChI is InChI=1S/C36H39NO6/c1-5-6-18-42-36(39)33-23(2)37-28-19-26(25-16-17-31(40-3)32(21-25)41-4)20-29(38)35(28)34(33)27-14-10-11-15-30(27)43-22-24-12-8-7-9-13-24/h7-17,21,26,33-34H,5-6,18-20,22H2,1-4H3/t26-,33?,34-/m1/s1. The predicted molar refractivity (Wildman–Crippen MR) is 166 cm³/mol. The van der Waals surface area contributed by atoms with E-state index in [1.165, 1.54) is 0 Å². The molecule has 3 aromatic rings. The number of hydrogen-bond donors (Lipinski definition) is 0. The minimum absolute atomic E-state index is 0.0218. The molecule has 1 aliphatic heterocycles. The third-order valence-electron chi connectivity index (χ3n) is 8.25. The summed E-state index contributed by atoms with van der Waals surface area (Å²) in [5, 5.41) is 0. The highest BCUT2D eigenvalue weighted by Gasteiger charge is 2.45. The fourth-order valence-corrected chi connectivity index (χ4v) is 6.05. The molecule has 1 heterocycles. The van der Waals surface area contributed by atoms with E-state index >= 15 is 0 Å². The molecule has 224 valence electrons. The molecular formula is C36H39NO6. The first-order valence-electron chi connectivity index (χ1n) is 14.9. The molecule has 0 spiro atoms. The van der Waals surface area contributed by atoms with Gasteiger partial charge in [0.1, 0.15) is 18.3 Å². The summed E-state index contributed by atoms with van der Waals surface area (Å²) in [6, 6.07) is 23.4. The normalized spacial score (nSPS) is 19.8. The lowest BCUT2D eigenvalue weighted by atomic mass is 9.69. The Morgan fingerprint density at radius 2 is 1.65 bits per heavy atom. The number of unbranched alkanes of at least 4 members (excludes halogenated alkanes) is 1. The van der Waals surface area contributed by atoms with Gasteiger partial charge < -0.3 is 18.9 Å². The maximum Gasteiger partial charge on any atom is 0.315 e. The van der Waals surface area contributed by atoms with Gasteiger partial charge in [-0.2, -0.15) is 0 Å². The van der Waals surface area contributed by atoms with Gasteiger partial charge in [-0.1, -0.05) is 67.9 Å². The quantitative estimate of drug-likeness (QED) is 0.176. The molecule has 3 aromatic carbocycles. The van der Waals surface area contributed by atoms with E-state index in [1.807, 2.05) is 79.7 Å². The number of carbonyl (C=O) groups excluding carboxylic acids is 2. The van der Waals surface area contributed by atoms with Gasteiger partial charge in [-0.05, 0) is 55.0 Å². The van der Waals surface area contributed by atoms with Crippen molar-refractivity contribution in [1.29, 1.82) is 0 Å². The van der Waals surface area contributed by atoms with Crippen LogP contribution in [0.25, 0.3) is 0 Å². The summed E-state index contributed by atoms with van der Waals surface area (Å²) in [5.74, 6) is 0.140. The number of methoxy groups -OCH3 is 2. The lowest BCUT2D eigenvalue weighted by molar-refractivity contribution is -0.146. The van der Waals surface area contributed by atoms with Gasteiger partial charge in [-0.3, -0.25) is 14.6 Å². The smallest absolute Gasteiger partial charge is 0.315 e. The highest BCUT2D eigenvalue weighted by atomic mass is 16.5. The van der Waals surface area contributed by atoms with Crippen LogP contribution < -0.4 is 14.2 Å². The number of Topliss-reactive ketones (excluding diaryl/α,β-unsaturated/α-hetero) is 1. The first-order valence-corrected chi connectivity index (χ1v) is 14.9. The zero-order valence-electron chi connectivity index (χ0n) is 25.3. The van der Waals surface area contributed by atoms with Crippen LogP contribution in [0.4, 0.5) is 0 Å². The molecule has 0 radical (unpaired) electrons. The van der Waals surface area contributed by atoms with E-state index in [1.54, 1.807) is 14.2 Å². The average molecular weight is 582 g/mol. The lowest BCUT2D eigenvalue weighted by Gasteiger charge is -2.37. The second kappa shape index (κ2) is 13.7. The van der Waals surface area contributed by atoms with Crippen molar-refractivity contribution in [1.82, 2.24) is 0 Å². The van der Waals surface area contributed by atoms with Crippen LogP contribution in [-0.4, -0.2) is 38.3 Å². The molecule has 1 aliphatic carbocycles. The second-order valence-electron chi connectivity index (χ2n) is 11.0. The summed E-state index contributed by atoms with van der Waals surface area (Å²) in [4.78, 5) is 32.7. The number of para-hydroxylation sites is 1. The number of esters is 1. The first-order chi connectivity index (χ1) is 20.9. The maximum atomic E-state index is 14.1. The number of nitrogens with zero attached hydrogens (tertiary/aromatic N) is 1. The maximum absolute atomic E-state index is 14.1. The van der Waals surface area contributed by atoms with Crippen LogP contribution in [0.1, 0.15) is 68.1 Å². The van der Waals surface area contributed by atoms with Crippen molar-refractivity contribution in [2.45, 2.75) is 58.0 Å². The molecule has 43 heavy (non-hydrogen) atoms. The van der Waals surface area contributed by atoms with Gasteiger partial charge in [0.15, 0.2) is 17.3 Å². The molecule has 2 aliphatic rings. The zero-order chi connectivity index (χ0) is 30.3. The topological polar surface area (TPSA) is 83.4 Å². The van der Waals surface area contributed by atoms with Gasteiger partial charge in [0.2, 0.25) is 0 Å². The Kier molecular flexibility index (Phi) is 9.60. The van der Waals surface area contributed by atoms with Crippen molar-refractivity contribution >= 4 is 17.5 Å². The van der Waals surface area contributed by atoms with Gasteiger partial charge in [-0.25, -0.2) is 0 Å². The van der Waals surface area contributed by atoms with E-state index in [-0.39, 0.29) is 17.7 Å². The summed E-state index contributed by atoms with van der Waals surface area (Å²) in [7, 11) is 3.20. The predicted octanol–water partition coefficient (Wildman–Crippen LogP) is 7.20. The molecule has 7 nitrogen and oxygen atoms in total. The third-order valence-corrected chi connectivity index (χ3v) is 8.25. The van der Waals surface area contributed by atoms with Crippen LogP contribution in [0, 0.1) is 5.92 Å². The Balaban J connectivity index is 1.54. The summed E-state index contributed by atoms with van der Waals surface area (Å²) in [6.45, 7) is 4.61. The molecule has 5 rings (SSSR count). The minimum atomic E-state index is -0.723. The number of benzene rings is 3. The van der Waals surface area contributed by atoms with E-state index in [0.29, 0.717) is 60.3 Å². The molecule has 0 saturated carbocycles. The van der Waals surface area contributed by atoms with Crippen molar-refractivity contribution in [2.24, 2.45) is 10.9 Å². The van der Waals surface area contributed by atoms with Gasteiger partial charge in [-0.15, -0.1) is 0 Å². The zero-order valence-corrected chi connectivity index (χ0v) is 25.3. The van der Waals surface area contributed by atoms with E-state index in [2.05, 4.69) is 6.92 Å². The van der Waals surface area contributed by atoms with Crippen molar-refractivity contribution in [3.05, 3.63) is 101 Å². The lowest BCUT2D eigenvalue weighted by Crippen LogP contribution is -2.38.